The number of halogens is 1. The zero-order chi connectivity index (χ0) is 15.4. The average molecular weight is 345 g/mol. The van der Waals surface area contributed by atoms with Crippen molar-refractivity contribution in [1.82, 2.24) is 0 Å². The summed E-state index contributed by atoms with van der Waals surface area (Å²) in [5.41, 5.74) is 2.52. The average Bonchev–Trinajstić information content (AvgIpc) is 2.50. The molecule has 0 saturated carbocycles. The van der Waals surface area contributed by atoms with Gasteiger partial charge in [0.2, 0.25) is 0 Å². The van der Waals surface area contributed by atoms with E-state index >= 15 is 0 Å². The summed E-state index contributed by atoms with van der Waals surface area (Å²) in [5, 5.41) is 11.7. The molecule has 0 radical (unpaired) electrons. The molecule has 2 rings (SSSR count). The Labute approximate surface area is 131 Å². The molecular formula is C16H13BrN2O2. The van der Waals surface area contributed by atoms with Crippen molar-refractivity contribution in [3.05, 3.63) is 57.6 Å². The molecule has 1 N–H and O–H groups in total. The number of carbonyl (C=O) groups is 1. The van der Waals surface area contributed by atoms with E-state index in [4.69, 9.17) is 10.00 Å². The number of nitriles is 1. The number of ether oxygens (including phenoxy) is 1. The number of nitrogens with one attached hydrogen (secondary N) is 1. The molecule has 106 valence electrons. The van der Waals surface area contributed by atoms with E-state index in [-0.39, 0.29) is 5.91 Å². The molecule has 0 aliphatic carbocycles. The van der Waals surface area contributed by atoms with Gasteiger partial charge in [0, 0.05) is 10.5 Å². The summed E-state index contributed by atoms with van der Waals surface area (Å²) >= 11 is 3.42. The second-order valence-electron chi connectivity index (χ2n) is 4.42. The van der Waals surface area contributed by atoms with E-state index in [2.05, 4.69) is 21.2 Å². The molecule has 0 aliphatic rings. The molecule has 21 heavy (non-hydrogen) atoms. The van der Waals surface area contributed by atoms with Crippen molar-refractivity contribution in [3.63, 3.8) is 0 Å². The largest absolute Gasteiger partial charge is 0.495 e. The maximum absolute atomic E-state index is 12.3. The van der Waals surface area contributed by atoms with Gasteiger partial charge in [-0.05, 0) is 46.6 Å². The Bertz CT molecular complexity index is 736. The molecule has 1 amide bonds. The van der Waals surface area contributed by atoms with Gasteiger partial charge >= 0.3 is 0 Å². The van der Waals surface area contributed by atoms with Gasteiger partial charge in [0.05, 0.1) is 30.0 Å². The molecule has 0 fully saturated rings. The van der Waals surface area contributed by atoms with Crippen LogP contribution >= 0.6 is 15.9 Å². The molecule has 0 aromatic heterocycles. The van der Waals surface area contributed by atoms with Crippen LogP contribution in [0, 0.1) is 18.3 Å². The number of amides is 1. The van der Waals surface area contributed by atoms with E-state index in [9.17, 15) is 4.79 Å². The van der Waals surface area contributed by atoms with Crippen LogP contribution in [0.4, 0.5) is 5.69 Å². The first-order valence-electron chi connectivity index (χ1n) is 6.21. The van der Waals surface area contributed by atoms with E-state index in [1.807, 2.05) is 25.1 Å². The molecule has 0 atom stereocenters. The maximum atomic E-state index is 12.3. The standard InChI is InChI=1S/C16H13BrN2O2/c1-10-4-3-5-12(15(10)17)16(20)19-13-7-6-11(9-18)8-14(13)21-2/h3-8H,1-2H3,(H,19,20). The van der Waals surface area contributed by atoms with Crippen molar-refractivity contribution in [3.8, 4) is 11.8 Å². The van der Waals surface area contributed by atoms with Crippen LogP contribution in [0.1, 0.15) is 21.5 Å². The van der Waals surface area contributed by atoms with Crippen molar-refractivity contribution in [1.29, 1.82) is 5.26 Å². The highest BCUT2D eigenvalue weighted by Gasteiger charge is 2.14. The SMILES string of the molecule is COc1cc(C#N)ccc1NC(=O)c1cccc(C)c1Br. The third-order valence-electron chi connectivity index (χ3n) is 3.02. The minimum Gasteiger partial charge on any atom is -0.495 e. The lowest BCUT2D eigenvalue weighted by atomic mass is 10.1. The van der Waals surface area contributed by atoms with Gasteiger partial charge in [-0.15, -0.1) is 0 Å². The van der Waals surface area contributed by atoms with Crippen molar-refractivity contribution in [2.75, 3.05) is 12.4 Å². The number of hydrogen-bond donors (Lipinski definition) is 1. The summed E-state index contributed by atoms with van der Waals surface area (Å²) in [6, 6.07) is 12.4. The van der Waals surface area contributed by atoms with Crippen LogP contribution in [0.15, 0.2) is 40.9 Å². The summed E-state index contributed by atoms with van der Waals surface area (Å²) in [5.74, 6) is 0.208. The zero-order valence-corrected chi connectivity index (χ0v) is 13.2. The number of hydrogen-bond acceptors (Lipinski definition) is 3. The molecular weight excluding hydrogens is 332 g/mol. The Morgan fingerprint density at radius 1 is 1.33 bits per heavy atom. The van der Waals surface area contributed by atoms with Crippen molar-refractivity contribution < 1.29 is 9.53 Å². The number of aryl methyl sites for hydroxylation is 1. The minimum absolute atomic E-state index is 0.242. The van der Waals surface area contributed by atoms with Gasteiger partial charge in [-0.3, -0.25) is 4.79 Å². The first-order valence-corrected chi connectivity index (χ1v) is 7.00. The molecule has 2 aromatic rings. The molecule has 4 nitrogen and oxygen atoms in total. The molecule has 0 saturated heterocycles. The predicted octanol–water partition coefficient (Wildman–Crippen LogP) is 3.89. The summed E-state index contributed by atoms with van der Waals surface area (Å²) < 4.78 is 5.96. The Kier molecular flexibility index (Phi) is 4.61. The lowest BCUT2D eigenvalue weighted by molar-refractivity contribution is 0.102. The first-order chi connectivity index (χ1) is 10.1. The summed E-state index contributed by atoms with van der Waals surface area (Å²) in [6.07, 6.45) is 0. The monoisotopic (exact) mass is 344 g/mol. The first kappa shape index (κ1) is 15.1. The predicted molar refractivity (Wildman–Crippen MR) is 84.5 cm³/mol. The van der Waals surface area contributed by atoms with E-state index in [0.717, 1.165) is 10.0 Å². The number of rotatable bonds is 3. The number of carbonyl (C=O) groups excluding carboxylic acids is 1. The second-order valence-corrected chi connectivity index (χ2v) is 5.21. The molecule has 5 heteroatoms. The van der Waals surface area contributed by atoms with Gasteiger partial charge in [-0.25, -0.2) is 0 Å². The van der Waals surface area contributed by atoms with Crippen LogP contribution in [-0.4, -0.2) is 13.0 Å². The van der Waals surface area contributed by atoms with Gasteiger partial charge in [0.1, 0.15) is 5.75 Å². The summed E-state index contributed by atoms with van der Waals surface area (Å²) in [7, 11) is 1.49. The number of nitrogens with zero attached hydrogens (tertiary/aromatic N) is 1. The minimum atomic E-state index is -0.242. The van der Waals surface area contributed by atoms with Gasteiger partial charge < -0.3 is 10.1 Å². The highest BCUT2D eigenvalue weighted by Crippen LogP contribution is 2.27. The highest BCUT2D eigenvalue weighted by atomic mass is 79.9. The van der Waals surface area contributed by atoms with E-state index in [1.54, 1.807) is 24.3 Å². The maximum Gasteiger partial charge on any atom is 0.256 e. The van der Waals surface area contributed by atoms with Gasteiger partial charge in [0.25, 0.3) is 5.91 Å². The third kappa shape index (κ3) is 3.23. The number of anilines is 1. The second kappa shape index (κ2) is 6.42. The third-order valence-corrected chi connectivity index (χ3v) is 4.07. The van der Waals surface area contributed by atoms with Crippen LogP contribution in [-0.2, 0) is 0 Å². The molecule has 0 bridgehead atoms. The van der Waals surface area contributed by atoms with E-state index < -0.39 is 0 Å². The zero-order valence-electron chi connectivity index (χ0n) is 11.6. The van der Waals surface area contributed by atoms with Crippen LogP contribution in [0.5, 0.6) is 5.75 Å². The fraction of sp³-hybridized carbons (Fsp3) is 0.125. The quantitative estimate of drug-likeness (QED) is 0.918. The van der Waals surface area contributed by atoms with Crippen molar-refractivity contribution in [2.45, 2.75) is 6.92 Å². The van der Waals surface area contributed by atoms with Crippen molar-refractivity contribution >= 4 is 27.5 Å². The number of methoxy groups -OCH3 is 1. The molecule has 0 heterocycles. The normalized spacial score (nSPS) is 9.81. The Morgan fingerprint density at radius 2 is 2.10 bits per heavy atom. The fourth-order valence-corrected chi connectivity index (χ4v) is 2.32. The number of benzene rings is 2. The lowest BCUT2D eigenvalue weighted by Gasteiger charge is -2.12. The summed E-state index contributed by atoms with van der Waals surface area (Å²) in [6.45, 7) is 1.92. The molecule has 0 unspecified atom stereocenters. The van der Waals surface area contributed by atoms with Gasteiger partial charge in [-0.2, -0.15) is 5.26 Å². The molecule has 2 aromatic carbocycles. The lowest BCUT2D eigenvalue weighted by Crippen LogP contribution is -2.13. The van der Waals surface area contributed by atoms with Crippen LogP contribution in [0.3, 0.4) is 0 Å². The van der Waals surface area contributed by atoms with Gasteiger partial charge in [-0.1, -0.05) is 12.1 Å². The van der Waals surface area contributed by atoms with Crippen LogP contribution in [0.25, 0.3) is 0 Å². The highest BCUT2D eigenvalue weighted by molar-refractivity contribution is 9.10. The van der Waals surface area contributed by atoms with Gasteiger partial charge in [0.15, 0.2) is 0 Å². The smallest absolute Gasteiger partial charge is 0.256 e. The Morgan fingerprint density at radius 3 is 2.76 bits per heavy atom. The Balaban J connectivity index is 2.32. The van der Waals surface area contributed by atoms with Crippen molar-refractivity contribution in [2.24, 2.45) is 0 Å². The van der Waals surface area contributed by atoms with E-state index in [1.165, 1.54) is 7.11 Å². The Hall–Kier alpha value is -2.32. The van der Waals surface area contributed by atoms with E-state index in [0.29, 0.717) is 22.6 Å². The van der Waals surface area contributed by atoms with Crippen LogP contribution < -0.4 is 10.1 Å². The molecule has 0 spiro atoms. The fourth-order valence-electron chi connectivity index (χ4n) is 1.88. The summed E-state index contributed by atoms with van der Waals surface area (Å²) in [4.78, 5) is 12.3. The topological polar surface area (TPSA) is 62.1 Å². The molecule has 0 aliphatic heterocycles. The van der Waals surface area contributed by atoms with Crippen LogP contribution in [0.2, 0.25) is 0 Å².